The van der Waals surface area contributed by atoms with Crippen LogP contribution in [-0.2, 0) is 0 Å². The molecule has 3 aromatic rings. The third-order valence-corrected chi connectivity index (χ3v) is 3.59. The average Bonchev–Trinajstić information content (AvgIpc) is 2.56. The molecule has 0 fully saturated rings. The van der Waals surface area contributed by atoms with E-state index in [0.29, 0.717) is 5.88 Å². The Morgan fingerprint density at radius 1 is 0.955 bits per heavy atom. The van der Waals surface area contributed by atoms with E-state index in [2.05, 4.69) is 4.98 Å². The molecule has 2 N–H and O–H groups in total. The molecule has 1 atom stereocenters. The highest BCUT2D eigenvalue weighted by molar-refractivity contribution is 5.38. The summed E-state index contributed by atoms with van der Waals surface area (Å²) in [4.78, 5) is 4.38. The van der Waals surface area contributed by atoms with Gasteiger partial charge in [0.1, 0.15) is 5.75 Å². The molecular weight excluding hydrogens is 272 g/mol. The van der Waals surface area contributed by atoms with Gasteiger partial charge in [0, 0.05) is 12.3 Å². The van der Waals surface area contributed by atoms with Gasteiger partial charge in [-0.25, -0.2) is 4.98 Å². The van der Waals surface area contributed by atoms with Gasteiger partial charge >= 0.3 is 0 Å². The van der Waals surface area contributed by atoms with E-state index in [-0.39, 0.29) is 6.04 Å². The van der Waals surface area contributed by atoms with Crippen LogP contribution in [0.5, 0.6) is 11.6 Å². The second-order valence-electron chi connectivity index (χ2n) is 5.18. The van der Waals surface area contributed by atoms with E-state index in [1.165, 1.54) is 0 Å². The quantitative estimate of drug-likeness (QED) is 0.782. The Morgan fingerprint density at radius 2 is 1.59 bits per heavy atom. The molecule has 0 aliphatic rings. The fourth-order valence-electron chi connectivity index (χ4n) is 2.37. The first-order chi connectivity index (χ1) is 10.7. The molecule has 0 unspecified atom stereocenters. The van der Waals surface area contributed by atoms with Gasteiger partial charge in [0.15, 0.2) is 0 Å². The Hall–Kier alpha value is -2.65. The van der Waals surface area contributed by atoms with Crippen molar-refractivity contribution in [3.63, 3.8) is 0 Å². The Kier molecular flexibility index (Phi) is 4.17. The molecule has 3 nitrogen and oxygen atoms in total. The highest BCUT2D eigenvalue weighted by Gasteiger charge is 2.12. The number of ether oxygens (including phenoxy) is 1. The number of benzene rings is 2. The number of nitrogens with zero attached hydrogens (tertiary/aromatic N) is 1. The topological polar surface area (TPSA) is 48.1 Å². The largest absolute Gasteiger partial charge is 0.439 e. The summed E-state index contributed by atoms with van der Waals surface area (Å²) in [5.41, 5.74) is 9.49. The zero-order valence-electron chi connectivity index (χ0n) is 12.4. The minimum absolute atomic E-state index is 0.181. The highest BCUT2D eigenvalue weighted by atomic mass is 16.5. The number of hydrogen-bond donors (Lipinski definition) is 1. The SMILES string of the molecule is Cc1cc(Oc2ccccc2)ncc1[C@H](N)c1ccccc1. The van der Waals surface area contributed by atoms with E-state index in [0.717, 1.165) is 22.4 Å². The molecule has 0 aliphatic heterocycles. The maximum absolute atomic E-state index is 6.34. The van der Waals surface area contributed by atoms with Crippen LogP contribution in [0.2, 0.25) is 0 Å². The van der Waals surface area contributed by atoms with Gasteiger partial charge in [0.05, 0.1) is 6.04 Å². The van der Waals surface area contributed by atoms with Crippen molar-refractivity contribution in [1.82, 2.24) is 4.98 Å². The second kappa shape index (κ2) is 6.41. The van der Waals surface area contributed by atoms with Crippen molar-refractivity contribution in [2.45, 2.75) is 13.0 Å². The first-order valence-corrected chi connectivity index (χ1v) is 7.24. The van der Waals surface area contributed by atoms with Crippen LogP contribution in [0.4, 0.5) is 0 Å². The molecule has 110 valence electrons. The Balaban J connectivity index is 1.83. The van der Waals surface area contributed by atoms with Crippen LogP contribution >= 0.6 is 0 Å². The van der Waals surface area contributed by atoms with Crippen LogP contribution in [0.15, 0.2) is 72.9 Å². The van der Waals surface area contributed by atoms with E-state index in [1.807, 2.05) is 73.7 Å². The number of rotatable bonds is 4. The zero-order valence-corrected chi connectivity index (χ0v) is 12.4. The monoisotopic (exact) mass is 290 g/mol. The highest BCUT2D eigenvalue weighted by Crippen LogP contribution is 2.26. The molecular formula is C19H18N2O. The summed E-state index contributed by atoms with van der Waals surface area (Å²) in [6.45, 7) is 2.03. The first kappa shape index (κ1) is 14.3. The lowest BCUT2D eigenvalue weighted by molar-refractivity contribution is 0.462. The third kappa shape index (κ3) is 3.15. The van der Waals surface area contributed by atoms with Gasteiger partial charge in [-0.1, -0.05) is 48.5 Å². The van der Waals surface area contributed by atoms with Gasteiger partial charge < -0.3 is 10.5 Å². The molecule has 0 amide bonds. The number of aromatic nitrogens is 1. The van der Waals surface area contributed by atoms with Crippen LogP contribution in [0, 0.1) is 6.92 Å². The van der Waals surface area contributed by atoms with E-state index < -0.39 is 0 Å². The van der Waals surface area contributed by atoms with Crippen molar-refractivity contribution in [1.29, 1.82) is 0 Å². The van der Waals surface area contributed by atoms with Crippen LogP contribution in [0.25, 0.3) is 0 Å². The maximum Gasteiger partial charge on any atom is 0.219 e. The van der Waals surface area contributed by atoms with Gasteiger partial charge in [-0.05, 0) is 35.7 Å². The fourth-order valence-corrected chi connectivity index (χ4v) is 2.37. The summed E-state index contributed by atoms with van der Waals surface area (Å²) < 4.78 is 5.75. The molecule has 0 spiro atoms. The molecule has 1 heterocycles. The van der Waals surface area contributed by atoms with Crippen molar-refractivity contribution in [3.05, 3.63) is 89.6 Å². The molecule has 3 rings (SSSR count). The fraction of sp³-hybridized carbons (Fsp3) is 0.105. The number of pyridine rings is 1. The molecule has 2 aromatic carbocycles. The normalized spacial score (nSPS) is 11.9. The van der Waals surface area contributed by atoms with Gasteiger partial charge in [0.25, 0.3) is 0 Å². The van der Waals surface area contributed by atoms with Crippen molar-refractivity contribution in [3.8, 4) is 11.6 Å². The predicted octanol–water partition coefficient (Wildman–Crippen LogP) is 4.23. The summed E-state index contributed by atoms with van der Waals surface area (Å²) in [6.07, 6.45) is 1.80. The standard InChI is InChI=1S/C19H18N2O/c1-14-12-18(22-16-10-6-3-7-11-16)21-13-17(14)19(20)15-8-4-2-5-9-15/h2-13,19H,20H2,1H3/t19-/m1/s1. The lowest BCUT2D eigenvalue weighted by Gasteiger charge is -2.15. The van der Waals surface area contributed by atoms with Gasteiger partial charge in [0.2, 0.25) is 5.88 Å². The maximum atomic E-state index is 6.34. The van der Waals surface area contributed by atoms with Gasteiger partial charge in [-0.3, -0.25) is 0 Å². The van der Waals surface area contributed by atoms with E-state index >= 15 is 0 Å². The summed E-state index contributed by atoms with van der Waals surface area (Å²) in [5, 5.41) is 0. The Bertz CT molecular complexity index is 742. The second-order valence-corrected chi connectivity index (χ2v) is 5.18. The molecule has 3 heteroatoms. The van der Waals surface area contributed by atoms with Gasteiger partial charge in [-0.15, -0.1) is 0 Å². The summed E-state index contributed by atoms with van der Waals surface area (Å²) in [7, 11) is 0. The summed E-state index contributed by atoms with van der Waals surface area (Å²) in [5.74, 6) is 1.35. The number of para-hydroxylation sites is 1. The van der Waals surface area contributed by atoms with Crippen molar-refractivity contribution in [2.24, 2.45) is 5.73 Å². The summed E-state index contributed by atoms with van der Waals surface area (Å²) >= 11 is 0. The number of nitrogens with two attached hydrogens (primary N) is 1. The molecule has 0 aliphatic carbocycles. The molecule has 0 saturated carbocycles. The van der Waals surface area contributed by atoms with Gasteiger partial charge in [-0.2, -0.15) is 0 Å². The minimum atomic E-state index is -0.181. The van der Waals surface area contributed by atoms with E-state index in [9.17, 15) is 0 Å². The lowest BCUT2D eigenvalue weighted by atomic mass is 9.98. The summed E-state index contributed by atoms with van der Waals surface area (Å²) in [6, 6.07) is 21.4. The molecule has 1 aromatic heterocycles. The van der Waals surface area contributed by atoms with Crippen LogP contribution < -0.4 is 10.5 Å². The molecule has 0 radical (unpaired) electrons. The Morgan fingerprint density at radius 3 is 2.23 bits per heavy atom. The lowest BCUT2D eigenvalue weighted by Crippen LogP contribution is -2.13. The number of hydrogen-bond acceptors (Lipinski definition) is 3. The minimum Gasteiger partial charge on any atom is -0.439 e. The first-order valence-electron chi connectivity index (χ1n) is 7.24. The Labute approximate surface area is 130 Å². The van der Waals surface area contributed by atoms with E-state index in [4.69, 9.17) is 10.5 Å². The van der Waals surface area contributed by atoms with Crippen molar-refractivity contribution >= 4 is 0 Å². The van der Waals surface area contributed by atoms with Crippen LogP contribution in [-0.4, -0.2) is 4.98 Å². The van der Waals surface area contributed by atoms with Crippen LogP contribution in [0.1, 0.15) is 22.7 Å². The van der Waals surface area contributed by atoms with Crippen molar-refractivity contribution in [2.75, 3.05) is 0 Å². The molecule has 0 bridgehead atoms. The van der Waals surface area contributed by atoms with Crippen LogP contribution in [0.3, 0.4) is 0 Å². The molecule has 22 heavy (non-hydrogen) atoms. The smallest absolute Gasteiger partial charge is 0.219 e. The predicted molar refractivity (Wildman–Crippen MR) is 88.0 cm³/mol. The number of aryl methyl sites for hydroxylation is 1. The van der Waals surface area contributed by atoms with E-state index in [1.54, 1.807) is 6.20 Å². The van der Waals surface area contributed by atoms with Crippen molar-refractivity contribution < 1.29 is 4.74 Å². The zero-order chi connectivity index (χ0) is 15.4. The third-order valence-electron chi connectivity index (χ3n) is 3.59. The average molecular weight is 290 g/mol. The molecule has 0 saturated heterocycles.